The SMILES string of the molecule is C=CCC(CC)(CC=C)NC. The molecule has 0 aliphatic carbocycles. The summed E-state index contributed by atoms with van der Waals surface area (Å²) in [4.78, 5) is 0. The van der Waals surface area contributed by atoms with Gasteiger partial charge in [-0.15, -0.1) is 13.2 Å². The Bertz CT molecular complexity index is 111. The Balaban J connectivity index is 4.17. The molecule has 0 heterocycles. The summed E-state index contributed by atoms with van der Waals surface area (Å²) in [7, 11) is 2.00. The highest BCUT2D eigenvalue weighted by Crippen LogP contribution is 2.19. The van der Waals surface area contributed by atoms with Crippen molar-refractivity contribution in [3.63, 3.8) is 0 Å². The van der Waals surface area contributed by atoms with Crippen molar-refractivity contribution in [2.24, 2.45) is 0 Å². The third-order valence-corrected chi connectivity index (χ3v) is 2.28. The predicted molar refractivity (Wildman–Crippen MR) is 51.7 cm³/mol. The van der Waals surface area contributed by atoms with Gasteiger partial charge < -0.3 is 5.32 Å². The Morgan fingerprint density at radius 3 is 1.91 bits per heavy atom. The highest BCUT2D eigenvalue weighted by atomic mass is 14.9. The van der Waals surface area contributed by atoms with E-state index < -0.39 is 0 Å². The summed E-state index contributed by atoms with van der Waals surface area (Å²) in [6.45, 7) is 9.68. The van der Waals surface area contributed by atoms with Crippen molar-refractivity contribution in [3.05, 3.63) is 25.3 Å². The zero-order valence-corrected chi connectivity index (χ0v) is 7.69. The van der Waals surface area contributed by atoms with E-state index in [0.29, 0.717) is 0 Å². The summed E-state index contributed by atoms with van der Waals surface area (Å²) in [5.74, 6) is 0. The average Bonchev–Trinajstić information content (AvgIpc) is 2.04. The van der Waals surface area contributed by atoms with Crippen LogP contribution in [0.15, 0.2) is 25.3 Å². The van der Waals surface area contributed by atoms with Crippen LogP contribution in [0.5, 0.6) is 0 Å². The molecule has 1 nitrogen and oxygen atoms in total. The lowest BCUT2D eigenvalue weighted by atomic mass is 9.88. The van der Waals surface area contributed by atoms with Crippen LogP contribution in [0.25, 0.3) is 0 Å². The van der Waals surface area contributed by atoms with Crippen molar-refractivity contribution in [3.8, 4) is 0 Å². The molecule has 0 aliphatic heterocycles. The van der Waals surface area contributed by atoms with Crippen LogP contribution in [-0.4, -0.2) is 12.6 Å². The van der Waals surface area contributed by atoms with Gasteiger partial charge in [-0.1, -0.05) is 19.1 Å². The third kappa shape index (κ3) is 2.89. The van der Waals surface area contributed by atoms with Crippen LogP contribution in [0.3, 0.4) is 0 Å². The van der Waals surface area contributed by atoms with Gasteiger partial charge in [0.1, 0.15) is 0 Å². The summed E-state index contributed by atoms with van der Waals surface area (Å²) in [5, 5.41) is 3.32. The van der Waals surface area contributed by atoms with Gasteiger partial charge in [-0.3, -0.25) is 0 Å². The molecule has 0 aromatic heterocycles. The van der Waals surface area contributed by atoms with E-state index in [2.05, 4.69) is 25.4 Å². The van der Waals surface area contributed by atoms with Crippen molar-refractivity contribution in [1.82, 2.24) is 5.32 Å². The van der Waals surface area contributed by atoms with Crippen molar-refractivity contribution < 1.29 is 0 Å². The molecule has 0 saturated heterocycles. The molecule has 0 amide bonds. The molecular formula is C10H19N. The number of hydrogen-bond acceptors (Lipinski definition) is 1. The molecule has 0 aliphatic rings. The molecular weight excluding hydrogens is 134 g/mol. The third-order valence-electron chi connectivity index (χ3n) is 2.28. The number of rotatable bonds is 6. The van der Waals surface area contributed by atoms with E-state index in [1.54, 1.807) is 0 Å². The summed E-state index contributed by atoms with van der Waals surface area (Å²) >= 11 is 0. The van der Waals surface area contributed by atoms with Gasteiger partial charge in [0.05, 0.1) is 0 Å². The molecule has 0 radical (unpaired) electrons. The smallest absolute Gasteiger partial charge is 0.0244 e. The lowest BCUT2D eigenvalue weighted by molar-refractivity contribution is 0.344. The fourth-order valence-electron chi connectivity index (χ4n) is 1.31. The Kier molecular flexibility index (Phi) is 4.88. The van der Waals surface area contributed by atoms with E-state index in [-0.39, 0.29) is 5.54 Å². The van der Waals surface area contributed by atoms with Crippen LogP contribution in [0.4, 0.5) is 0 Å². The number of hydrogen-bond donors (Lipinski definition) is 1. The van der Waals surface area contributed by atoms with Gasteiger partial charge in [-0.25, -0.2) is 0 Å². The fourth-order valence-corrected chi connectivity index (χ4v) is 1.31. The van der Waals surface area contributed by atoms with Crippen LogP contribution >= 0.6 is 0 Å². The second-order valence-electron chi connectivity index (χ2n) is 2.87. The topological polar surface area (TPSA) is 12.0 Å². The van der Waals surface area contributed by atoms with Crippen LogP contribution in [0.1, 0.15) is 26.2 Å². The van der Waals surface area contributed by atoms with Crippen LogP contribution in [0, 0.1) is 0 Å². The molecule has 11 heavy (non-hydrogen) atoms. The largest absolute Gasteiger partial charge is 0.314 e. The lowest BCUT2D eigenvalue weighted by Gasteiger charge is -2.30. The van der Waals surface area contributed by atoms with E-state index in [4.69, 9.17) is 0 Å². The van der Waals surface area contributed by atoms with Crippen molar-refractivity contribution >= 4 is 0 Å². The minimum absolute atomic E-state index is 0.198. The molecule has 0 aromatic rings. The Morgan fingerprint density at radius 1 is 1.27 bits per heavy atom. The first-order chi connectivity index (χ1) is 5.24. The molecule has 0 saturated carbocycles. The van der Waals surface area contributed by atoms with Gasteiger partial charge in [0, 0.05) is 5.54 Å². The van der Waals surface area contributed by atoms with Gasteiger partial charge in [0.2, 0.25) is 0 Å². The second-order valence-corrected chi connectivity index (χ2v) is 2.87. The molecule has 0 spiro atoms. The first-order valence-electron chi connectivity index (χ1n) is 4.15. The van der Waals surface area contributed by atoms with Gasteiger partial charge in [-0.2, -0.15) is 0 Å². The lowest BCUT2D eigenvalue weighted by Crippen LogP contribution is -2.41. The second kappa shape index (κ2) is 5.14. The van der Waals surface area contributed by atoms with Crippen LogP contribution < -0.4 is 5.32 Å². The van der Waals surface area contributed by atoms with Gasteiger partial charge in [0.25, 0.3) is 0 Å². The molecule has 0 aromatic carbocycles. The van der Waals surface area contributed by atoms with E-state index in [1.165, 1.54) is 0 Å². The molecule has 0 bridgehead atoms. The maximum atomic E-state index is 3.75. The van der Waals surface area contributed by atoms with Crippen molar-refractivity contribution in [1.29, 1.82) is 0 Å². The molecule has 0 atom stereocenters. The Hall–Kier alpha value is -0.560. The normalized spacial score (nSPS) is 11.1. The zero-order valence-electron chi connectivity index (χ0n) is 7.69. The molecule has 1 heteroatoms. The highest BCUT2D eigenvalue weighted by Gasteiger charge is 2.21. The quantitative estimate of drug-likeness (QED) is 0.578. The standard InChI is InChI=1S/C10H19N/c1-5-8-10(7-3,11-4)9-6-2/h5-6,11H,1-2,7-9H2,3-4H3. The zero-order chi connectivity index (χ0) is 8.74. The van der Waals surface area contributed by atoms with Gasteiger partial charge >= 0.3 is 0 Å². The maximum Gasteiger partial charge on any atom is 0.0244 e. The predicted octanol–water partition coefficient (Wildman–Crippen LogP) is 2.51. The summed E-state index contributed by atoms with van der Waals surface area (Å²) in [6.07, 6.45) is 7.05. The molecule has 0 fully saturated rings. The molecule has 0 rings (SSSR count). The monoisotopic (exact) mass is 153 g/mol. The van der Waals surface area contributed by atoms with Crippen molar-refractivity contribution in [2.75, 3.05) is 7.05 Å². The first kappa shape index (κ1) is 10.4. The highest BCUT2D eigenvalue weighted by molar-refractivity contribution is 4.96. The van der Waals surface area contributed by atoms with Crippen molar-refractivity contribution in [2.45, 2.75) is 31.7 Å². The summed E-state index contributed by atoms with van der Waals surface area (Å²) < 4.78 is 0. The van der Waals surface area contributed by atoms with Crippen LogP contribution in [-0.2, 0) is 0 Å². The van der Waals surface area contributed by atoms with E-state index in [1.807, 2.05) is 19.2 Å². The Labute approximate surface area is 70.2 Å². The molecule has 0 unspecified atom stereocenters. The minimum Gasteiger partial charge on any atom is -0.314 e. The Morgan fingerprint density at radius 2 is 1.73 bits per heavy atom. The minimum atomic E-state index is 0.198. The van der Waals surface area contributed by atoms with E-state index in [9.17, 15) is 0 Å². The average molecular weight is 153 g/mol. The van der Waals surface area contributed by atoms with Crippen LogP contribution in [0.2, 0.25) is 0 Å². The van der Waals surface area contributed by atoms with Gasteiger partial charge in [0.15, 0.2) is 0 Å². The maximum absolute atomic E-state index is 3.75. The fraction of sp³-hybridized carbons (Fsp3) is 0.600. The summed E-state index contributed by atoms with van der Waals surface area (Å²) in [5.41, 5.74) is 0.198. The van der Waals surface area contributed by atoms with E-state index in [0.717, 1.165) is 19.3 Å². The van der Waals surface area contributed by atoms with Gasteiger partial charge in [-0.05, 0) is 26.3 Å². The summed E-state index contributed by atoms with van der Waals surface area (Å²) in [6, 6.07) is 0. The first-order valence-corrected chi connectivity index (χ1v) is 4.15. The van der Waals surface area contributed by atoms with E-state index >= 15 is 0 Å². The molecule has 1 N–H and O–H groups in total. The number of nitrogens with one attached hydrogen (secondary N) is 1. The molecule has 64 valence electrons.